The minimum atomic E-state index is 0.0104. The summed E-state index contributed by atoms with van der Waals surface area (Å²) < 4.78 is 11.3. The van der Waals surface area contributed by atoms with E-state index in [2.05, 4.69) is 0 Å². The van der Waals surface area contributed by atoms with E-state index in [-0.39, 0.29) is 5.91 Å². The van der Waals surface area contributed by atoms with Gasteiger partial charge in [-0.05, 0) is 62.7 Å². The zero-order chi connectivity index (χ0) is 18.4. The highest BCUT2D eigenvalue weighted by molar-refractivity contribution is 6.31. The fourth-order valence-corrected chi connectivity index (χ4v) is 2.70. The topological polar surface area (TPSA) is 38.8 Å². The Morgan fingerprint density at radius 1 is 1.12 bits per heavy atom. The van der Waals surface area contributed by atoms with Crippen molar-refractivity contribution in [1.82, 2.24) is 4.90 Å². The smallest absolute Gasteiger partial charge is 0.253 e. The van der Waals surface area contributed by atoms with Crippen molar-refractivity contribution in [3.05, 3.63) is 58.1 Å². The summed E-state index contributed by atoms with van der Waals surface area (Å²) in [6.45, 7) is 7.53. The van der Waals surface area contributed by atoms with E-state index in [4.69, 9.17) is 21.1 Å². The lowest BCUT2D eigenvalue weighted by atomic mass is 10.1. The number of ether oxygens (including phenoxy) is 2. The molecule has 0 unspecified atom stereocenters. The number of hydrogen-bond donors (Lipinski definition) is 0. The summed E-state index contributed by atoms with van der Waals surface area (Å²) in [6, 6.07) is 11.0. The van der Waals surface area contributed by atoms with Crippen molar-refractivity contribution in [3.8, 4) is 11.5 Å². The number of nitrogens with zero attached hydrogens (tertiary/aromatic N) is 1. The van der Waals surface area contributed by atoms with Gasteiger partial charge in [-0.1, -0.05) is 11.6 Å². The molecule has 0 aromatic heterocycles. The highest BCUT2D eigenvalue weighted by Crippen LogP contribution is 2.25. The highest BCUT2D eigenvalue weighted by Gasteiger charge is 2.15. The van der Waals surface area contributed by atoms with Gasteiger partial charge in [0.05, 0.1) is 7.11 Å². The molecule has 25 heavy (non-hydrogen) atoms. The van der Waals surface area contributed by atoms with Crippen molar-refractivity contribution in [2.75, 3.05) is 20.2 Å². The van der Waals surface area contributed by atoms with Crippen molar-refractivity contribution in [2.24, 2.45) is 0 Å². The summed E-state index contributed by atoms with van der Waals surface area (Å²) in [5, 5.41) is 0.705. The van der Waals surface area contributed by atoms with Crippen molar-refractivity contribution >= 4 is 17.5 Å². The van der Waals surface area contributed by atoms with E-state index < -0.39 is 0 Å². The van der Waals surface area contributed by atoms with Crippen molar-refractivity contribution in [2.45, 2.75) is 27.4 Å². The van der Waals surface area contributed by atoms with Crippen LogP contribution in [0.1, 0.15) is 35.3 Å². The maximum Gasteiger partial charge on any atom is 0.253 e. The largest absolute Gasteiger partial charge is 0.496 e. The summed E-state index contributed by atoms with van der Waals surface area (Å²) in [4.78, 5) is 14.3. The molecule has 0 radical (unpaired) electrons. The molecule has 5 heteroatoms. The Labute approximate surface area is 154 Å². The number of aryl methyl sites for hydroxylation is 1. The van der Waals surface area contributed by atoms with Gasteiger partial charge in [0.2, 0.25) is 0 Å². The molecule has 0 aliphatic rings. The predicted octanol–water partition coefficient (Wildman–Crippen LogP) is 4.72. The molecule has 2 rings (SSSR count). The monoisotopic (exact) mass is 361 g/mol. The van der Waals surface area contributed by atoms with Gasteiger partial charge in [0.15, 0.2) is 0 Å². The number of benzene rings is 2. The third kappa shape index (κ3) is 4.67. The first kappa shape index (κ1) is 19.1. The second-order valence-corrected chi connectivity index (χ2v) is 6.11. The van der Waals surface area contributed by atoms with Crippen molar-refractivity contribution in [1.29, 1.82) is 0 Å². The van der Waals surface area contributed by atoms with Gasteiger partial charge in [0.1, 0.15) is 18.1 Å². The Kier molecular flexibility index (Phi) is 6.71. The normalized spacial score (nSPS) is 10.4. The zero-order valence-electron chi connectivity index (χ0n) is 15.1. The van der Waals surface area contributed by atoms with Gasteiger partial charge in [0, 0.05) is 29.2 Å². The fraction of sp³-hybridized carbons (Fsp3) is 0.350. The second-order valence-electron chi connectivity index (χ2n) is 5.70. The van der Waals surface area contributed by atoms with Crippen LogP contribution >= 0.6 is 11.6 Å². The van der Waals surface area contributed by atoms with Gasteiger partial charge in [-0.3, -0.25) is 4.79 Å². The molecule has 0 aliphatic heterocycles. The number of carbonyl (C=O) groups excluding carboxylic acids is 1. The van der Waals surface area contributed by atoms with Crippen LogP contribution in [0.15, 0.2) is 36.4 Å². The van der Waals surface area contributed by atoms with Crippen molar-refractivity contribution in [3.63, 3.8) is 0 Å². The molecule has 0 atom stereocenters. The highest BCUT2D eigenvalue weighted by atomic mass is 35.5. The summed E-state index contributed by atoms with van der Waals surface area (Å²) in [5.74, 6) is 1.43. The van der Waals surface area contributed by atoms with Crippen LogP contribution in [0.3, 0.4) is 0 Å². The standard InChI is InChI=1S/C20H24ClNO3/c1-5-22(6-2)20(23)15-7-10-19(24-4)16(12-15)13-25-17-8-9-18(21)14(3)11-17/h7-12H,5-6,13H2,1-4H3. The second kappa shape index (κ2) is 8.77. The molecule has 0 aliphatic carbocycles. The molecule has 134 valence electrons. The summed E-state index contributed by atoms with van der Waals surface area (Å²) in [7, 11) is 1.61. The van der Waals surface area contributed by atoms with E-state index in [1.807, 2.05) is 51.1 Å². The first-order chi connectivity index (χ1) is 12.0. The number of rotatable bonds is 7. The average Bonchev–Trinajstić information content (AvgIpc) is 2.63. The molecule has 2 aromatic carbocycles. The summed E-state index contributed by atoms with van der Waals surface area (Å²) in [6.07, 6.45) is 0. The van der Waals surface area contributed by atoms with E-state index in [0.717, 1.165) is 16.9 Å². The van der Waals surface area contributed by atoms with Gasteiger partial charge in [-0.2, -0.15) is 0 Å². The molecule has 0 spiro atoms. The van der Waals surface area contributed by atoms with Crippen LogP contribution < -0.4 is 9.47 Å². The summed E-state index contributed by atoms with van der Waals surface area (Å²) in [5.41, 5.74) is 2.42. The molecule has 1 amide bonds. The number of hydrogen-bond acceptors (Lipinski definition) is 3. The Hall–Kier alpha value is -2.20. The van der Waals surface area contributed by atoms with E-state index in [9.17, 15) is 4.79 Å². The zero-order valence-corrected chi connectivity index (χ0v) is 15.9. The maximum atomic E-state index is 12.5. The Balaban J connectivity index is 2.21. The summed E-state index contributed by atoms with van der Waals surface area (Å²) >= 11 is 6.04. The van der Waals surface area contributed by atoms with Gasteiger partial charge in [-0.15, -0.1) is 0 Å². The molecule has 4 nitrogen and oxygen atoms in total. The number of carbonyl (C=O) groups is 1. The lowest BCUT2D eigenvalue weighted by Crippen LogP contribution is -2.30. The lowest BCUT2D eigenvalue weighted by molar-refractivity contribution is 0.0772. The Bertz CT molecular complexity index is 742. The maximum absolute atomic E-state index is 12.5. The quantitative estimate of drug-likeness (QED) is 0.716. The molecular weight excluding hydrogens is 338 g/mol. The molecule has 0 N–H and O–H groups in total. The van der Waals surface area contributed by atoms with Crippen LogP contribution in [0.5, 0.6) is 11.5 Å². The third-order valence-corrected chi connectivity index (χ3v) is 4.53. The lowest BCUT2D eigenvalue weighted by Gasteiger charge is -2.19. The molecule has 0 heterocycles. The predicted molar refractivity (Wildman–Crippen MR) is 101 cm³/mol. The van der Waals surface area contributed by atoms with E-state index in [1.165, 1.54) is 0 Å². The van der Waals surface area contributed by atoms with E-state index in [0.29, 0.717) is 36.0 Å². The molecule has 2 aromatic rings. The van der Waals surface area contributed by atoms with E-state index >= 15 is 0 Å². The molecule has 0 saturated heterocycles. The van der Waals surface area contributed by atoms with E-state index in [1.54, 1.807) is 18.1 Å². The van der Waals surface area contributed by atoms with Gasteiger partial charge in [-0.25, -0.2) is 0 Å². The molecule has 0 bridgehead atoms. The molecule has 0 fully saturated rings. The van der Waals surface area contributed by atoms with Crippen LogP contribution in [-0.4, -0.2) is 31.0 Å². The van der Waals surface area contributed by atoms with Crippen LogP contribution in [0.2, 0.25) is 5.02 Å². The van der Waals surface area contributed by atoms with Gasteiger partial charge >= 0.3 is 0 Å². The molecular formula is C20H24ClNO3. The fourth-order valence-electron chi connectivity index (χ4n) is 2.59. The van der Waals surface area contributed by atoms with Gasteiger partial charge in [0.25, 0.3) is 5.91 Å². The Morgan fingerprint density at radius 2 is 1.84 bits per heavy atom. The Morgan fingerprint density at radius 3 is 2.44 bits per heavy atom. The van der Waals surface area contributed by atoms with Crippen LogP contribution in [0, 0.1) is 6.92 Å². The van der Waals surface area contributed by atoms with Gasteiger partial charge < -0.3 is 14.4 Å². The third-order valence-electron chi connectivity index (χ3n) is 4.10. The first-order valence-electron chi connectivity index (χ1n) is 8.35. The minimum Gasteiger partial charge on any atom is -0.496 e. The average molecular weight is 362 g/mol. The first-order valence-corrected chi connectivity index (χ1v) is 8.73. The molecule has 0 saturated carbocycles. The van der Waals surface area contributed by atoms with Crippen LogP contribution in [-0.2, 0) is 6.61 Å². The number of amides is 1. The van der Waals surface area contributed by atoms with Crippen molar-refractivity contribution < 1.29 is 14.3 Å². The number of methoxy groups -OCH3 is 1. The number of halogens is 1. The van der Waals surface area contributed by atoms with Crippen LogP contribution in [0.4, 0.5) is 0 Å². The SMILES string of the molecule is CCN(CC)C(=O)c1ccc(OC)c(COc2ccc(Cl)c(C)c2)c1. The van der Waals surface area contributed by atoms with Crippen LogP contribution in [0.25, 0.3) is 0 Å². The minimum absolute atomic E-state index is 0.0104.